The summed E-state index contributed by atoms with van der Waals surface area (Å²) >= 11 is 0. The maximum atomic E-state index is 12.6. The van der Waals surface area contributed by atoms with Gasteiger partial charge in [-0.1, -0.05) is 25.9 Å². The first-order valence-corrected chi connectivity index (χ1v) is 18.8. The second kappa shape index (κ2) is 16.5. The molecular formula is C22H37N8O16P3. The van der Waals surface area contributed by atoms with E-state index in [0.29, 0.717) is 13.0 Å². The van der Waals surface area contributed by atoms with E-state index in [4.69, 9.17) is 19.5 Å². The van der Waals surface area contributed by atoms with Crippen LogP contribution in [0.15, 0.2) is 17.8 Å². The number of nitrogens with two attached hydrogens (primary N) is 1. The highest BCUT2D eigenvalue weighted by Gasteiger charge is 2.50. The van der Waals surface area contributed by atoms with Gasteiger partial charge in [0.05, 0.1) is 19.5 Å². The molecular weight excluding hydrogens is 725 g/mol. The molecule has 27 heteroatoms. The smallest absolute Gasteiger partial charge is 0.386 e. The van der Waals surface area contributed by atoms with Gasteiger partial charge in [0, 0.05) is 24.9 Å². The van der Waals surface area contributed by atoms with Gasteiger partial charge in [-0.3, -0.25) is 27.7 Å². The number of nitroso groups, excluding NO2 is 1. The molecule has 49 heavy (non-hydrogen) atoms. The van der Waals surface area contributed by atoms with Gasteiger partial charge in [0.2, 0.25) is 11.8 Å². The zero-order valence-corrected chi connectivity index (χ0v) is 28.8. The number of rotatable bonds is 19. The normalized spacial score (nSPS) is 23.0. The standard InChI is InChI=1S/C22H37N8O16P3/c1-4-6-24-13(31)5-7-25-20(33)17(29-34)22(2,3)9-43-49(40,41)46-48(38,39)42-8-12-16(45-47(35,36)37)15(32)21(44-12)30-11-28-14-18(23)26-10-27-19(14)30/h10-12,15-17,21,32H,4-9H2,1-3H3,(H,24,31)(H,25,33)(H,38,39)(H,40,41)(H2,23,26,27)(H2,35,36,37). The molecule has 0 radical (unpaired) electrons. The Morgan fingerprint density at radius 3 is 2.41 bits per heavy atom. The summed E-state index contributed by atoms with van der Waals surface area (Å²) in [7, 11) is -16.4. The molecule has 2 aromatic heterocycles. The van der Waals surface area contributed by atoms with Crippen molar-refractivity contribution in [1.29, 1.82) is 0 Å². The average Bonchev–Trinajstić information content (AvgIpc) is 3.54. The fraction of sp³-hybridized carbons (Fsp3) is 0.682. The van der Waals surface area contributed by atoms with Crippen molar-refractivity contribution in [3.8, 4) is 0 Å². The van der Waals surface area contributed by atoms with E-state index >= 15 is 0 Å². The first-order valence-electron chi connectivity index (χ1n) is 14.2. The first kappa shape index (κ1) is 40.6. The van der Waals surface area contributed by atoms with Crippen LogP contribution >= 0.6 is 23.5 Å². The van der Waals surface area contributed by atoms with E-state index in [2.05, 4.69) is 39.6 Å². The number of phosphoric ester groups is 3. The monoisotopic (exact) mass is 762 g/mol. The zero-order valence-electron chi connectivity index (χ0n) is 26.2. The van der Waals surface area contributed by atoms with Crippen LogP contribution < -0.4 is 16.4 Å². The van der Waals surface area contributed by atoms with E-state index in [1.54, 1.807) is 0 Å². The molecule has 0 saturated carbocycles. The minimum absolute atomic E-state index is 0.0322. The second-order valence-electron chi connectivity index (χ2n) is 11.2. The maximum absolute atomic E-state index is 12.6. The van der Waals surface area contributed by atoms with Crippen LogP contribution in [0, 0.1) is 10.3 Å². The maximum Gasteiger partial charge on any atom is 0.481 e. The van der Waals surface area contributed by atoms with Crippen molar-refractivity contribution >= 4 is 52.3 Å². The van der Waals surface area contributed by atoms with Gasteiger partial charge in [-0.2, -0.15) is 4.31 Å². The van der Waals surface area contributed by atoms with Crippen molar-refractivity contribution in [3.63, 3.8) is 0 Å². The molecule has 2 aromatic rings. The van der Waals surface area contributed by atoms with Crippen LogP contribution in [0.5, 0.6) is 0 Å². The van der Waals surface area contributed by atoms with Gasteiger partial charge < -0.3 is 45.8 Å². The number of imidazole rings is 1. The highest BCUT2D eigenvalue weighted by Crippen LogP contribution is 2.61. The third-order valence-electron chi connectivity index (χ3n) is 6.76. The van der Waals surface area contributed by atoms with Gasteiger partial charge in [-0.05, 0) is 6.42 Å². The van der Waals surface area contributed by atoms with Crippen LogP contribution in [0.25, 0.3) is 11.2 Å². The molecule has 1 aliphatic heterocycles. The number of nitrogens with one attached hydrogen (secondary N) is 2. The number of ether oxygens (including phenoxy) is 1. The van der Waals surface area contributed by atoms with Crippen molar-refractivity contribution in [1.82, 2.24) is 30.2 Å². The van der Waals surface area contributed by atoms with E-state index in [1.165, 1.54) is 13.8 Å². The number of nitrogen functional groups attached to an aromatic ring is 1. The number of anilines is 1. The lowest BCUT2D eigenvalue weighted by atomic mass is 9.85. The summed E-state index contributed by atoms with van der Waals surface area (Å²) in [6.07, 6.45) is -4.24. The van der Waals surface area contributed by atoms with Gasteiger partial charge in [0.15, 0.2) is 23.7 Å². The van der Waals surface area contributed by atoms with E-state index in [9.17, 15) is 52.9 Å². The summed E-state index contributed by atoms with van der Waals surface area (Å²) < 4.78 is 61.9. The van der Waals surface area contributed by atoms with E-state index in [-0.39, 0.29) is 35.9 Å². The molecule has 1 saturated heterocycles. The SMILES string of the molecule is CCCNC(=O)CCNC(=O)C(N=O)C(C)(C)COP(=O)(O)OP(=O)(O)OCC1OC(n2cnc3c(N)ncnc32)C(O)C1OP(=O)(O)O. The van der Waals surface area contributed by atoms with Gasteiger partial charge in [0.25, 0.3) is 0 Å². The van der Waals surface area contributed by atoms with Crippen molar-refractivity contribution in [2.24, 2.45) is 10.6 Å². The molecule has 7 unspecified atom stereocenters. The minimum Gasteiger partial charge on any atom is -0.386 e. The summed E-state index contributed by atoms with van der Waals surface area (Å²) in [5.74, 6) is -1.32. The van der Waals surface area contributed by atoms with Crippen LogP contribution in [0.3, 0.4) is 0 Å². The lowest BCUT2D eigenvalue weighted by molar-refractivity contribution is -0.125. The molecule has 1 fully saturated rings. The van der Waals surface area contributed by atoms with Gasteiger partial charge in [-0.15, -0.1) is 4.91 Å². The molecule has 9 N–H and O–H groups in total. The number of hydrogen-bond donors (Lipinski definition) is 8. The zero-order chi connectivity index (χ0) is 36.8. The summed E-state index contributed by atoms with van der Waals surface area (Å²) in [5.41, 5.74) is 4.28. The number of hydrogen-bond acceptors (Lipinski definition) is 17. The molecule has 7 atom stereocenters. The van der Waals surface area contributed by atoms with Crippen molar-refractivity contribution in [3.05, 3.63) is 17.6 Å². The molecule has 1 aliphatic rings. The molecule has 3 heterocycles. The molecule has 276 valence electrons. The van der Waals surface area contributed by atoms with Crippen LogP contribution in [0.4, 0.5) is 5.82 Å². The van der Waals surface area contributed by atoms with Crippen LogP contribution in [-0.2, 0) is 45.9 Å². The molecule has 24 nitrogen and oxygen atoms in total. The first-order chi connectivity index (χ1) is 22.7. The summed E-state index contributed by atoms with van der Waals surface area (Å²) in [6, 6.07) is -1.70. The Balaban J connectivity index is 1.63. The minimum atomic E-state index is -5.56. The number of aromatic nitrogens is 4. The summed E-state index contributed by atoms with van der Waals surface area (Å²) in [4.78, 5) is 86.5. The van der Waals surface area contributed by atoms with Gasteiger partial charge in [0.1, 0.15) is 30.2 Å². The lowest BCUT2D eigenvalue weighted by Gasteiger charge is -2.29. The summed E-state index contributed by atoms with van der Waals surface area (Å²) in [6.45, 7) is 2.64. The highest BCUT2D eigenvalue weighted by molar-refractivity contribution is 7.61. The molecule has 0 spiro atoms. The average molecular weight is 763 g/mol. The molecule has 2 amide bonds. The number of amides is 2. The van der Waals surface area contributed by atoms with Gasteiger partial charge in [-0.25, -0.2) is 28.6 Å². The molecule has 0 aliphatic carbocycles. The van der Waals surface area contributed by atoms with Crippen LogP contribution in [-0.4, -0.2) is 107 Å². The van der Waals surface area contributed by atoms with Crippen LogP contribution in [0.1, 0.15) is 39.8 Å². The number of carbonyl (C=O) groups excluding carboxylic acids is 2. The van der Waals surface area contributed by atoms with Gasteiger partial charge >= 0.3 is 23.5 Å². The second-order valence-corrected chi connectivity index (χ2v) is 15.4. The molecule has 0 aromatic carbocycles. The number of nitrogens with zero attached hydrogens (tertiary/aromatic N) is 5. The predicted molar refractivity (Wildman–Crippen MR) is 164 cm³/mol. The largest absolute Gasteiger partial charge is 0.481 e. The number of fused-ring (bicyclic) bond motifs is 1. The Labute approximate surface area is 277 Å². The molecule has 3 rings (SSSR count). The Morgan fingerprint density at radius 1 is 1.10 bits per heavy atom. The quantitative estimate of drug-likeness (QED) is 0.0666. The lowest BCUT2D eigenvalue weighted by Crippen LogP contribution is -2.45. The molecule has 0 bridgehead atoms. The Bertz CT molecular complexity index is 1640. The predicted octanol–water partition coefficient (Wildman–Crippen LogP) is -0.411. The van der Waals surface area contributed by atoms with E-state index < -0.39 is 78.6 Å². The number of carbonyl (C=O) groups is 2. The number of phosphoric acid groups is 3. The van der Waals surface area contributed by atoms with Crippen molar-refractivity contribution in [2.45, 2.75) is 64.2 Å². The van der Waals surface area contributed by atoms with Crippen molar-refractivity contribution in [2.75, 3.05) is 32.0 Å². The fourth-order valence-corrected chi connectivity index (χ4v) is 7.22. The topological polar surface area (TPSA) is 356 Å². The Kier molecular flexibility index (Phi) is 13.6. The fourth-order valence-electron chi connectivity index (χ4n) is 4.39. The Hall–Kier alpha value is -2.82. The Morgan fingerprint density at radius 2 is 1.78 bits per heavy atom. The van der Waals surface area contributed by atoms with E-state index in [1.807, 2.05) is 6.92 Å². The highest BCUT2D eigenvalue weighted by atomic mass is 31.3. The third kappa shape index (κ3) is 11.3. The van der Waals surface area contributed by atoms with E-state index in [0.717, 1.165) is 17.2 Å². The van der Waals surface area contributed by atoms with Crippen LogP contribution in [0.2, 0.25) is 0 Å². The number of aliphatic hydroxyl groups is 1. The van der Waals surface area contributed by atoms with Crippen molar-refractivity contribution < 1.29 is 70.6 Å². The number of aliphatic hydroxyl groups excluding tert-OH is 1. The third-order valence-corrected chi connectivity index (χ3v) is 9.85. The summed E-state index contributed by atoms with van der Waals surface area (Å²) in [5, 5.41) is 18.5.